The van der Waals surface area contributed by atoms with Crippen molar-refractivity contribution in [3.63, 3.8) is 0 Å². The van der Waals surface area contributed by atoms with Gasteiger partial charge in [0.1, 0.15) is 12.3 Å². The van der Waals surface area contributed by atoms with Gasteiger partial charge in [-0.05, 0) is 24.6 Å². The Morgan fingerprint density at radius 3 is 2.03 bits per heavy atom. The third-order valence-electron chi connectivity index (χ3n) is 5.56. The molecule has 2 aromatic heterocycles. The van der Waals surface area contributed by atoms with Crippen molar-refractivity contribution in [3.05, 3.63) is 88.5 Å². The first-order chi connectivity index (χ1) is 17.6. The van der Waals surface area contributed by atoms with E-state index in [1.165, 1.54) is 41.3 Å². The molecule has 0 aliphatic heterocycles. The summed E-state index contributed by atoms with van der Waals surface area (Å²) in [7, 11) is 3.28. The Morgan fingerprint density at radius 1 is 0.865 bits per heavy atom. The van der Waals surface area contributed by atoms with Gasteiger partial charge in [-0.25, -0.2) is 8.78 Å². The Labute approximate surface area is 207 Å². The van der Waals surface area contributed by atoms with Crippen molar-refractivity contribution in [1.29, 1.82) is 0 Å². The van der Waals surface area contributed by atoms with E-state index in [1.54, 1.807) is 25.7 Å². The number of benzene rings is 2. The highest BCUT2D eigenvalue weighted by atomic mass is 19.2. The lowest BCUT2D eigenvalue weighted by molar-refractivity contribution is 0.101. The number of ether oxygens (including phenoxy) is 1. The number of carbonyl (C=O) groups is 2. The molecule has 0 fully saturated rings. The van der Waals surface area contributed by atoms with E-state index in [4.69, 9.17) is 4.74 Å². The Kier molecular flexibility index (Phi) is 6.96. The van der Waals surface area contributed by atoms with E-state index in [2.05, 4.69) is 20.8 Å². The van der Waals surface area contributed by atoms with Gasteiger partial charge >= 0.3 is 0 Å². The number of rotatable bonds is 7. The van der Waals surface area contributed by atoms with Crippen LogP contribution in [0.4, 0.5) is 28.9 Å². The zero-order chi connectivity index (χ0) is 26.9. The first-order valence-corrected chi connectivity index (χ1v) is 10.7. The van der Waals surface area contributed by atoms with Crippen LogP contribution < -0.4 is 15.4 Å². The van der Waals surface area contributed by atoms with Gasteiger partial charge in [-0.2, -0.15) is 19.0 Å². The molecule has 0 radical (unpaired) electrons. The van der Waals surface area contributed by atoms with Crippen molar-refractivity contribution in [2.24, 2.45) is 14.1 Å². The number of aryl methyl sites for hydroxylation is 2. The smallest absolute Gasteiger partial charge is 0.276 e. The van der Waals surface area contributed by atoms with Crippen molar-refractivity contribution in [1.82, 2.24) is 19.6 Å². The van der Waals surface area contributed by atoms with E-state index in [1.807, 2.05) is 0 Å². The SMILES string of the molecule is Cc1c(NC(=O)c2c(NC(=O)c3ccc(COc4c(F)c(F)cc(F)c4F)cc3)cnn2C)cnn1C. The summed E-state index contributed by atoms with van der Waals surface area (Å²) in [5, 5.41) is 13.5. The van der Waals surface area contributed by atoms with Gasteiger partial charge in [0.05, 0.1) is 29.5 Å². The molecule has 0 bridgehead atoms. The number of nitrogens with zero attached hydrogens (tertiary/aromatic N) is 4. The number of hydrogen-bond donors (Lipinski definition) is 2. The minimum atomic E-state index is -1.65. The molecule has 2 N–H and O–H groups in total. The molecule has 0 saturated carbocycles. The van der Waals surface area contributed by atoms with Gasteiger partial charge in [0, 0.05) is 25.7 Å². The fourth-order valence-corrected chi connectivity index (χ4v) is 3.38. The van der Waals surface area contributed by atoms with Crippen LogP contribution in [0.15, 0.2) is 42.7 Å². The summed E-state index contributed by atoms with van der Waals surface area (Å²) in [6.07, 6.45) is 2.83. The van der Waals surface area contributed by atoms with Crippen molar-refractivity contribution in [2.75, 3.05) is 10.6 Å². The molecule has 4 aromatic rings. The molecule has 0 saturated heterocycles. The first-order valence-electron chi connectivity index (χ1n) is 10.7. The molecule has 0 aliphatic rings. The van der Waals surface area contributed by atoms with E-state index in [0.717, 1.165) is 5.69 Å². The average Bonchev–Trinajstić information content (AvgIpc) is 3.39. The fraction of sp³-hybridized carbons (Fsp3) is 0.167. The molecule has 0 aliphatic carbocycles. The van der Waals surface area contributed by atoms with E-state index >= 15 is 0 Å². The highest BCUT2D eigenvalue weighted by Gasteiger charge is 2.22. The van der Waals surface area contributed by atoms with Gasteiger partial charge in [0.2, 0.25) is 11.6 Å². The third kappa shape index (κ3) is 5.15. The molecular formula is C24H20F4N6O3. The number of aromatic nitrogens is 4. The maximum atomic E-state index is 13.8. The molecule has 2 amide bonds. The van der Waals surface area contributed by atoms with Gasteiger partial charge in [0.25, 0.3) is 11.8 Å². The van der Waals surface area contributed by atoms with Crippen LogP contribution in [-0.4, -0.2) is 31.4 Å². The predicted molar refractivity (Wildman–Crippen MR) is 124 cm³/mol. The van der Waals surface area contributed by atoms with Crippen LogP contribution >= 0.6 is 0 Å². The van der Waals surface area contributed by atoms with Crippen LogP contribution in [-0.2, 0) is 20.7 Å². The molecule has 2 heterocycles. The zero-order valence-corrected chi connectivity index (χ0v) is 19.8. The van der Waals surface area contributed by atoms with E-state index in [-0.39, 0.29) is 23.0 Å². The summed E-state index contributed by atoms with van der Waals surface area (Å²) in [6.45, 7) is 1.37. The minimum absolute atomic E-state index is 0.0855. The second-order valence-corrected chi connectivity index (χ2v) is 7.99. The molecular weight excluding hydrogens is 496 g/mol. The van der Waals surface area contributed by atoms with Gasteiger partial charge in [-0.3, -0.25) is 19.0 Å². The summed E-state index contributed by atoms with van der Waals surface area (Å²) in [6, 6.07) is 5.76. The zero-order valence-electron chi connectivity index (χ0n) is 19.8. The van der Waals surface area contributed by atoms with Crippen molar-refractivity contribution in [3.8, 4) is 5.75 Å². The van der Waals surface area contributed by atoms with Crippen molar-refractivity contribution < 1.29 is 31.9 Å². The standard InChI is InChI=1S/C24H20F4N6O3/c1-12-17(9-29-33(12)2)31-24(36)21-18(10-30-34(21)3)32-23(35)14-6-4-13(5-7-14)11-37-22-19(27)15(25)8-16(26)20(22)28/h4-10H,11H2,1-3H3,(H,31,36)(H,32,35). The van der Waals surface area contributed by atoms with Crippen molar-refractivity contribution in [2.45, 2.75) is 13.5 Å². The largest absolute Gasteiger partial charge is 0.483 e. The highest BCUT2D eigenvalue weighted by molar-refractivity contribution is 6.11. The molecule has 0 spiro atoms. The van der Waals surface area contributed by atoms with Crippen molar-refractivity contribution >= 4 is 23.2 Å². The minimum Gasteiger partial charge on any atom is -0.483 e. The monoisotopic (exact) mass is 516 g/mol. The Balaban J connectivity index is 1.44. The van der Waals surface area contributed by atoms with E-state index in [0.29, 0.717) is 11.3 Å². The molecule has 192 valence electrons. The summed E-state index contributed by atoms with van der Waals surface area (Å²) in [4.78, 5) is 25.6. The van der Waals surface area contributed by atoms with Gasteiger partial charge in [-0.1, -0.05) is 12.1 Å². The normalized spacial score (nSPS) is 10.9. The lowest BCUT2D eigenvalue weighted by Crippen LogP contribution is -2.20. The second-order valence-electron chi connectivity index (χ2n) is 7.99. The Bertz CT molecular complexity index is 1470. The van der Waals surface area contributed by atoms with Gasteiger partial charge in [0.15, 0.2) is 17.4 Å². The number of halogens is 4. The maximum absolute atomic E-state index is 13.8. The highest BCUT2D eigenvalue weighted by Crippen LogP contribution is 2.27. The molecule has 9 nitrogen and oxygen atoms in total. The molecule has 13 heteroatoms. The van der Waals surface area contributed by atoms with Crippen LogP contribution in [0.25, 0.3) is 0 Å². The topological polar surface area (TPSA) is 103 Å². The molecule has 2 aromatic carbocycles. The van der Waals surface area contributed by atoms with E-state index < -0.39 is 47.4 Å². The van der Waals surface area contributed by atoms with Crippen LogP contribution in [0.5, 0.6) is 5.75 Å². The third-order valence-corrected chi connectivity index (χ3v) is 5.56. The van der Waals surface area contributed by atoms with Gasteiger partial charge in [-0.15, -0.1) is 0 Å². The van der Waals surface area contributed by atoms with Crippen LogP contribution in [0.1, 0.15) is 32.1 Å². The van der Waals surface area contributed by atoms with Crippen LogP contribution in [0, 0.1) is 30.2 Å². The first kappa shape index (κ1) is 25.4. The predicted octanol–water partition coefficient (Wildman–Crippen LogP) is 4.10. The van der Waals surface area contributed by atoms with Gasteiger partial charge < -0.3 is 15.4 Å². The summed E-state index contributed by atoms with van der Waals surface area (Å²) >= 11 is 0. The number of carbonyl (C=O) groups excluding carboxylic acids is 2. The number of hydrogen-bond acceptors (Lipinski definition) is 5. The summed E-state index contributed by atoms with van der Waals surface area (Å²) < 4.78 is 62.0. The van der Waals surface area contributed by atoms with E-state index in [9.17, 15) is 27.2 Å². The Hall–Kier alpha value is -4.68. The number of amides is 2. The maximum Gasteiger partial charge on any atom is 0.276 e. The van der Waals surface area contributed by atoms with Crippen LogP contribution in [0.2, 0.25) is 0 Å². The second kappa shape index (κ2) is 10.1. The lowest BCUT2D eigenvalue weighted by atomic mass is 10.1. The van der Waals surface area contributed by atoms with Crippen LogP contribution in [0.3, 0.4) is 0 Å². The lowest BCUT2D eigenvalue weighted by Gasteiger charge is -2.11. The summed E-state index contributed by atoms with van der Waals surface area (Å²) in [5.41, 5.74) is 2.07. The average molecular weight is 516 g/mol. The summed E-state index contributed by atoms with van der Waals surface area (Å²) in [5.74, 6) is -8.71. The number of anilines is 2. The quantitative estimate of drug-likeness (QED) is 0.284. The molecule has 0 atom stereocenters. The molecule has 4 rings (SSSR count). The number of nitrogens with one attached hydrogen (secondary N) is 2. The molecule has 0 unspecified atom stereocenters. The Morgan fingerprint density at radius 2 is 1.43 bits per heavy atom. The molecule has 37 heavy (non-hydrogen) atoms. The fourth-order valence-electron chi connectivity index (χ4n) is 3.38.